The molecule has 144 valence electrons. The molecule has 4 rings (SSSR count). The van der Waals surface area contributed by atoms with Gasteiger partial charge in [0.25, 0.3) is 5.91 Å². The van der Waals surface area contributed by atoms with Crippen LogP contribution in [0, 0.1) is 0 Å². The van der Waals surface area contributed by atoms with Gasteiger partial charge in [-0.05, 0) is 42.5 Å². The van der Waals surface area contributed by atoms with Crippen LogP contribution in [0.2, 0.25) is 0 Å². The molecule has 0 fully saturated rings. The number of amides is 1. The van der Waals surface area contributed by atoms with Gasteiger partial charge in [-0.1, -0.05) is 6.07 Å². The van der Waals surface area contributed by atoms with Gasteiger partial charge in [0.2, 0.25) is 0 Å². The minimum absolute atomic E-state index is 0.261. The summed E-state index contributed by atoms with van der Waals surface area (Å²) in [5, 5.41) is 6.81. The fourth-order valence-electron chi connectivity index (χ4n) is 2.90. The molecule has 0 atom stereocenters. The summed E-state index contributed by atoms with van der Waals surface area (Å²) in [5.74, 6) is 1.04. The number of ether oxygens (including phenoxy) is 1. The van der Waals surface area contributed by atoms with E-state index in [2.05, 4.69) is 25.6 Å². The van der Waals surface area contributed by atoms with Crippen molar-refractivity contribution < 1.29 is 9.53 Å². The summed E-state index contributed by atoms with van der Waals surface area (Å²) in [6.45, 7) is 0. The molecule has 1 amide bonds. The molecule has 8 nitrogen and oxygen atoms in total. The van der Waals surface area contributed by atoms with Crippen LogP contribution in [0.15, 0.2) is 67.3 Å². The summed E-state index contributed by atoms with van der Waals surface area (Å²) in [4.78, 5) is 25.0. The second kappa shape index (κ2) is 7.81. The molecule has 0 spiro atoms. The van der Waals surface area contributed by atoms with Gasteiger partial charge in [0.05, 0.1) is 35.6 Å². The van der Waals surface area contributed by atoms with Crippen LogP contribution in [0.5, 0.6) is 5.75 Å². The molecular formula is C21H18N6O2. The lowest BCUT2D eigenvalue weighted by molar-refractivity contribution is 0.102. The number of rotatable bonds is 5. The highest BCUT2D eigenvalue weighted by Gasteiger charge is 2.11. The molecule has 0 aliphatic heterocycles. The average molecular weight is 386 g/mol. The van der Waals surface area contributed by atoms with Crippen LogP contribution in [-0.4, -0.2) is 28.0 Å². The third kappa shape index (κ3) is 3.77. The molecule has 2 aromatic carbocycles. The zero-order chi connectivity index (χ0) is 20.2. The Kier molecular flexibility index (Phi) is 4.90. The lowest BCUT2D eigenvalue weighted by Crippen LogP contribution is -2.13. The lowest BCUT2D eigenvalue weighted by Gasteiger charge is -2.12. The summed E-state index contributed by atoms with van der Waals surface area (Å²) >= 11 is 0. The van der Waals surface area contributed by atoms with Gasteiger partial charge in [-0.3, -0.25) is 9.78 Å². The number of aromatic nitrogens is 3. The van der Waals surface area contributed by atoms with E-state index in [9.17, 15) is 4.79 Å². The number of anilines is 4. The van der Waals surface area contributed by atoms with Crippen LogP contribution in [0.1, 0.15) is 10.4 Å². The SMILES string of the molecule is COc1cccc2ncnc(Nc3ccc(C(=O)Nc4ccncc4N)cc3)c12. The Morgan fingerprint density at radius 2 is 1.90 bits per heavy atom. The van der Waals surface area contributed by atoms with E-state index >= 15 is 0 Å². The van der Waals surface area contributed by atoms with Gasteiger partial charge >= 0.3 is 0 Å². The predicted molar refractivity (Wildman–Crippen MR) is 112 cm³/mol. The summed E-state index contributed by atoms with van der Waals surface area (Å²) in [6.07, 6.45) is 4.55. The molecule has 2 aromatic heterocycles. The molecule has 8 heteroatoms. The molecule has 0 bridgehead atoms. The number of nitrogen functional groups attached to an aromatic ring is 1. The van der Waals surface area contributed by atoms with Crippen molar-refractivity contribution in [2.45, 2.75) is 0 Å². The van der Waals surface area contributed by atoms with Crippen molar-refractivity contribution in [3.63, 3.8) is 0 Å². The highest BCUT2D eigenvalue weighted by atomic mass is 16.5. The van der Waals surface area contributed by atoms with Crippen LogP contribution in [-0.2, 0) is 0 Å². The summed E-state index contributed by atoms with van der Waals surface area (Å²) in [6, 6.07) is 14.3. The molecule has 0 aliphatic rings. The molecule has 2 heterocycles. The molecule has 0 saturated carbocycles. The second-order valence-corrected chi connectivity index (χ2v) is 6.20. The highest BCUT2D eigenvalue weighted by molar-refractivity contribution is 6.06. The maximum Gasteiger partial charge on any atom is 0.255 e. The van der Waals surface area contributed by atoms with Crippen molar-refractivity contribution >= 4 is 39.7 Å². The van der Waals surface area contributed by atoms with Gasteiger partial charge in [-0.2, -0.15) is 0 Å². The number of fused-ring (bicyclic) bond motifs is 1. The molecular weight excluding hydrogens is 368 g/mol. The number of carbonyl (C=O) groups is 1. The number of nitrogens with zero attached hydrogens (tertiary/aromatic N) is 3. The Hall–Kier alpha value is -4.20. The minimum Gasteiger partial charge on any atom is -0.496 e. The molecule has 4 aromatic rings. The van der Waals surface area contributed by atoms with Crippen molar-refractivity contribution in [3.8, 4) is 5.75 Å². The van der Waals surface area contributed by atoms with Gasteiger partial charge in [0, 0.05) is 17.4 Å². The van der Waals surface area contributed by atoms with Gasteiger partial charge in [0.1, 0.15) is 17.9 Å². The fourth-order valence-corrected chi connectivity index (χ4v) is 2.90. The first kappa shape index (κ1) is 18.2. The monoisotopic (exact) mass is 386 g/mol. The standard InChI is InChI=1S/C21H18N6O2/c1-29-18-4-2-3-17-19(18)20(25-12-24-17)26-14-7-5-13(6-8-14)21(28)27-16-9-10-23-11-15(16)22/h2-12H,22H2,1H3,(H,23,27,28)(H,24,25,26). The minimum atomic E-state index is -0.261. The topological polar surface area (TPSA) is 115 Å². The number of hydrogen-bond donors (Lipinski definition) is 3. The predicted octanol–water partition coefficient (Wildman–Crippen LogP) is 3.61. The van der Waals surface area contributed by atoms with Gasteiger partial charge in [0.15, 0.2) is 0 Å². The van der Waals surface area contributed by atoms with Crippen molar-refractivity contribution in [1.29, 1.82) is 0 Å². The van der Waals surface area contributed by atoms with E-state index in [1.54, 1.807) is 43.6 Å². The van der Waals surface area contributed by atoms with Crippen LogP contribution >= 0.6 is 0 Å². The van der Waals surface area contributed by atoms with Crippen LogP contribution in [0.4, 0.5) is 22.9 Å². The Morgan fingerprint density at radius 1 is 1.07 bits per heavy atom. The average Bonchev–Trinajstić information content (AvgIpc) is 2.75. The van der Waals surface area contributed by atoms with E-state index in [1.165, 1.54) is 12.5 Å². The smallest absolute Gasteiger partial charge is 0.255 e. The summed E-state index contributed by atoms with van der Waals surface area (Å²) in [7, 11) is 1.61. The third-order valence-corrected chi connectivity index (χ3v) is 4.35. The Labute approximate surface area is 166 Å². The number of pyridine rings is 1. The van der Waals surface area contributed by atoms with Gasteiger partial charge < -0.3 is 21.1 Å². The molecule has 4 N–H and O–H groups in total. The zero-order valence-corrected chi connectivity index (χ0v) is 15.6. The summed E-state index contributed by atoms with van der Waals surface area (Å²) < 4.78 is 5.44. The van der Waals surface area contributed by atoms with Crippen molar-refractivity contribution in [1.82, 2.24) is 15.0 Å². The maximum atomic E-state index is 12.4. The van der Waals surface area contributed by atoms with E-state index in [0.29, 0.717) is 28.5 Å². The highest BCUT2D eigenvalue weighted by Crippen LogP contribution is 2.31. The van der Waals surface area contributed by atoms with Crippen molar-refractivity contribution in [2.24, 2.45) is 0 Å². The van der Waals surface area contributed by atoms with E-state index < -0.39 is 0 Å². The zero-order valence-electron chi connectivity index (χ0n) is 15.6. The van der Waals surface area contributed by atoms with E-state index in [1.807, 2.05) is 18.2 Å². The first-order valence-electron chi connectivity index (χ1n) is 8.81. The Morgan fingerprint density at radius 3 is 2.66 bits per heavy atom. The quantitative estimate of drug-likeness (QED) is 0.480. The van der Waals surface area contributed by atoms with Gasteiger partial charge in [-0.25, -0.2) is 9.97 Å². The fraction of sp³-hybridized carbons (Fsp3) is 0.0476. The molecule has 0 unspecified atom stereocenters. The molecule has 29 heavy (non-hydrogen) atoms. The number of nitrogens with one attached hydrogen (secondary N) is 2. The Balaban J connectivity index is 1.56. The van der Waals surface area contributed by atoms with Gasteiger partial charge in [-0.15, -0.1) is 0 Å². The largest absolute Gasteiger partial charge is 0.496 e. The summed E-state index contributed by atoms with van der Waals surface area (Å²) in [5.41, 5.74) is 8.79. The van der Waals surface area contributed by atoms with Crippen LogP contribution < -0.4 is 21.1 Å². The number of nitrogens with two attached hydrogens (primary N) is 1. The first-order valence-corrected chi connectivity index (χ1v) is 8.81. The maximum absolute atomic E-state index is 12.4. The normalized spacial score (nSPS) is 10.5. The first-order chi connectivity index (χ1) is 14.2. The Bertz CT molecular complexity index is 1170. The third-order valence-electron chi connectivity index (χ3n) is 4.35. The lowest BCUT2D eigenvalue weighted by atomic mass is 10.1. The van der Waals surface area contributed by atoms with E-state index in [4.69, 9.17) is 10.5 Å². The van der Waals surface area contributed by atoms with Crippen molar-refractivity contribution in [2.75, 3.05) is 23.5 Å². The van der Waals surface area contributed by atoms with Crippen molar-refractivity contribution in [3.05, 3.63) is 72.8 Å². The van der Waals surface area contributed by atoms with Crippen LogP contribution in [0.25, 0.3) is 10.9 Å². The van der Waals surface area contributed by atoms with E-state index in [0.717, 1.165) is 16.6 Å². The second-order valence-electron chi connectivity index (χ2n) is 6.20. The molecule has 0 radical (unpaired) electrons. The number of methoxy groups -OCH3 is 1. The number of hydrogen-bond acceptors (Lipinski definition) is 7. The van der Waals surface area contributed by atoms with Crippen LogP contribution in [0.3, 0.4) is 0 Å². The number of benzene rings is 2. The molecule has 0 saturated heterocycles. The van der Waals surface area contributed by atoms with E-state index in [-0.39, 0.29) is 5.91 Å². The molecule has 0 aliphatic carbocycles. The number of carbonyl (C=O) groups excluding carboxylic acids is 1.